The second-order valence-electron chi connectivity index (χ2n) is 7.60. The number of nitrogens with one attached hydrogen (secondary N) is 2. The van der Waals surface area contributed by atoms with Crippen LogP contribution in [0.2, 0.25) is 0 Å². The van der Waals surface area contributed by atoms with Gasteiger partial charge in [0.1, 0.15) is 0 Å². The lowest BCUT2D eigenvalue weighted by atomic mass is 10.00. The van der Waals surface area contributed by atoms with Crippen molar-refractivity contribution in [1.29, 1.82) is 0 Å². The minimum Gasteiger partial charge on any atom is -0.494 e. The summed E-state index contributed by atoms with van der Waals surface area (Å²) < 4.78 is 5.10. The zero-order valence-electron chi connectivity index (χ0n) is 18.8. The van der Waals surface area contributed by atoms with Crippen LogP contribution in [0.4, 0.5) is 5.69 Å². The highest BCUT2D eigenvalue weighted by Gasteiger charge is 2.20. The molecule has 0 aliphatic carbocycles. The van der Waals surface area contributed by atoms with E-state index in [4.69, 9.17) is 9.73 Å². The van der Waals surface area contributed by atoms with E-state index in [1.807, 2.05) is 60.7 Å². The molecule has 0 atom stereocenters. The molecule has 0 saturated heterocycles. The van der Waals surface area contributed by atoms with E-state index < -0.39 is 5.97 Å². The molecular weight excluding hydrogens is 414 g/mol. The Kier molecular flexibility index (Phi) is 6.86. The Balaban J connectivity index is 1.81. The summed E-state index contributed by atoms with van der Waals surface area (Å²) in [4.78, 5) is 20.0. The molecular formula is C27H27N3O3. The number of aromatic hydroxyl groups is 1. The van der Waals surface area contributed by atoms with Gasteiger partial charge in [-0.05, 0) is 43.3 Å². The Morgan fingerprint density at radius 3 is 2.45 bits per heavy atom. The van der Waals surface area contributed by atoms with Crippen molar-refractivity contribution in [1.82, 2.24) is 10.3 Å². The molecule has 168 valence electrons. The van der Waals surface area contributed by atoms with Crippen LogP contribution in [0, 0.1) is 0 Å². The lowest BCUT2D eigenvalue weighted by Crippen LogP contribution is -2.11. The number of aromatic nitrogens is 1. The zero-order valence-corrected chi connectivity index (χ0v) is 18.8. The van der Waals surface area contributed by atoms with Crippen molar-refractivity contribution in [3.8, 4) is 5.88 Å². The summed E-state index contributed by atoms with van der Waals surface area (Å²) in [6.45, 7) is 5.86. The number of fused-ring (bicyclic) bond motifs is 1. The maximum atomic E-state index is 12.1. The number of esters is 1. The Bertz CT molecular complexity index is 1280. The summed E-state index contributed by atoms with van der Waals surface area (Å²) in [5.74, 6) is -0.401. The molecule has 4 aromatic rings. The highest BCUT2D eigenvalue weighted by molar-refractivity contribution is 6.22. The molecule has 0 fully saturated rings. The van der Waals surface area contributed by atoms with Crippen LogP contribution in [-0.2, 0) is 11.3 Å². The van der Waals surface area contributed by atoms with Crippen molar-refractivity contribution in [2.75, 3.05) is 13.2 Å². The highest BCUT2D eigenvalue weighted by Crippen LogP contribution is 2.32. The van der Waals surface area contributed by atoms with Gasteiger partial charge in [0.25, 0.3) is 0 Å². The number of nitrogens with zero attached hydrogens (tertiary/aromatic N) is 1. The van der Waals surface area contributed by atoms with Crippen molar-refractivity contribution in [2.45, 2.75) is 20.4 Å². The minimum absolute atomic E-state index is 0.00243. The first-order valence-corrected chi connectivity index (χ1v) is 11.1. The van der Waals surface area contributed by atoms with E-state index >= 15 is 0 Å². The fourth-order valence-electron chi connectivity index (χ4n) is 3.71. The Labute approximate surface area is 193 Å². The van der Waals surface area contributed by atoms with Gasteiger partial charge < -0.3 is 20.1 Å². The molecule has 6 nitrogen and oxygen atoms in total. The summed E-state index contributed by atoms with van der Waals surface area (Å²) in [6.07, 6.45) is 0. The van der Waals surface area contributed by atoms with E-state index in [0.717, 1.165) is 29.7 Å². The predicted molar refractivity (Wildman–Crippen MR) is 131 cm³/mol. The molecule has 6 heteroatoms. The Morgan fingerprint density at radius 1 is 1.00 bits per heavy atom. The van der Waals surface area contributed by atoms with Gasteiger partial charge in [-0.1, -0.05) is 55.5 Å². The van der Waals surface area contributed by atoms with Gasteiger partial charge >= 0.3 is 5.97 Å². The molecule has 0 radical (unpaired) electrons. The average molecular weight is 442 g/mol. The number of hydrogen-bond donors (Lipinski definition) is 3. The smallest absolute Gasteiger partial charge is 0.338 e. The largest absolute Gasteiger partial charge is 0.494 e. The van der Waals surface area contributed by atoms with Crippen LogP contribution in [-0.4, -0.2) is 34.9 Å². The third-order valence-electron chi connectivity index (χ3n) is 5.33. The second-order valence-corrected chi connectivity index (χ2v) is 7.60. The van der Waals surface area contributed by atoms with Crippen LogP contribution < -0.4 is 5.32 Å². The Morgan fingerprint density at radius 2 is 1.76 bits per heavy atom. The summed E-state index contributed by atoms with van der Waals surface area (Å²) in [7, 11) is 0. The molecule has 0 unspecified atom stereocenters. The van der Waals surface area contributed by atoms with E-state index in [2.05, 4.69) is 17.2 Å². The third kappa shape index (κ3) is 4.96. The molecule has 0 spiro atoms. The quantitative estimate of drug-likeness (QED) is 0.255. The van der Waals surface area contributed by atoms with E-state index in [9.17, 15) is 9.90 Å². The van der Waals surface area contributed by atoms with Crippen molar-refractivity contribution in [3.63, 3.8) is 0 Å². The maximum absolute atomic E-state index is 12.1. The molecule has 0 aliphatic heterocycles. The number of rotatable bonds is 8. The molecule has 1 aromatic heterocycles. The number of ether oxygens (including phenoxy) is 1. The minimum atomic E-state index is -0.398. The van der Waals surface area contributed by atoms with Crippen LogP contribution in [0.5, 0.6) is 5.88 Å². The van der Waals surface area contributed by atoms with Crippen LogP contribution >= 0.6 is 0 Å². The number of hydrogen-bond acceptors (Lipinski definition) is 5. The fraction of sp³-hybridized carbons (Fsp3) is 0.185. The summed E-state index contributed by atoms with van der Waals surface area (Å²) in [5.41, 5.74) is 5.12. The first-order chi connectivity index (χ1) is 16.1. The van der Waals surface area contributed by atoms with Gasteiger partial charge in [0.2, 0.25) is 0 Å². The highest BCUT2D eigenvalue weighted by atomic mass is 16.5. The number of aliphatic imine (C=N–C) groups is 1. The van der Waals surface area contributed by atoms with Crippen molar-refractivity contribution in [2.24, 2.45) is 4.99 Å². The number of H-pyrrole nitrogens is 1. The van der Waals surface area contributed by atoms with Gasteiger partial charge in [-0.3, -0.25) is 0 Å². The monoisotopic (exact) mass is 441 g/mol. The van der Waals surface area contributed by atoms with E-state index in [1.165, 1.54) is 5.56 Å². The zero-order chi connectivity index (χ0) is 23.2. The molecule has 3 aromatic carbocycles. The average Bonchev–Trinajstić information content (AvgIpc) is 3.17. The number of carbonyl (C=O) groups is 1. The first kappa shape index (κ1) is 22.3. The lowest BCUT2D eigenvalue weighted by molar-refractivity contribution is 0.0526. The van der Waals surface area contributed by atoms with Gasteiger partial charge in [-0.15, -0.1) is 0 Å². The predicted octanol–water partition coefficient (Wildman–Crippen LogP) is 5.33. The summed E-state index contributed by atoms with van der Waals surface area (Å²) in [5, 5.41) is 14.9. The molecule has 0 bridgehead atoms. The topological polar surface area (TPSA) is 86.7 Å². The van der Waals surface area contributed by atoms with Gasteiger partial charge in [-0.25, -0.2) is 9.79 Å². The van der Waals surface area contributed by atoms with Crippen LogP contribution in [0.1, 0.15) is 40.9 Å². The van der Waals surface area contributed by atoms with Gasteiger partial charge in [0.15, 0.2) is 5.88 Å². The van der Waals surface area contributed by atoms with Crippen molar-refractivity contribution >= 4 is 28.3 Å². The number of aromatic amines is 1. The van der Waals surface area contributed by atoms with E-state index in [0.29, 0.717) is 29.0 Å². The molecule has 0 aliphatic rings. The summed E-state index contributed by atoms with van der Waals surface area (Å²) in [6, 6.07) is 23.0. The molecule has 0 saturated carbocycles. The Hall–Kier alpha value is -3.90. The van der Waals surface area contributed by atoms with Crippen molar-refractivity contribution in [3.05, 3.63) is 95.1 Å². The maximum Gasteiger partial charge on any atom is 0.338 e. The van der Waals surface area contributed by atoms with Gasteiger partial charge in [0.05, 0.1) is 29.1 Å². The molecule has 3 N–H and O–H groups in total. The van der Waals surface area contributed by atoms with E-state index in [-0.39, 0.29) is 5.88 Å². The van der Waals surface area contributed by atoms with Crippen LogP contribution in [0.15, 0.2) is 77.8 Å². The first-order valence-electron chi connectivity index (χ1n) is 11.1. The molecule has 1 heterocycles. The van der Waals surface area contributed by atoms with Crippen LogP contribution in [0.25, 0.3) is 10.9 Å². The van der Waals surface area contributed by atoms with Gasteiger partial charge in [-0.2, -0.15) is 0 Å². The normalized spacial score (nSPS) is 11.6. The van der Waals surface area contributed by atoms with Gasteiger partial charge in [0, 0.05) is 23.0 Å². The van der Waals surface area contributed by atoms with E-state index in [1.54, 1.807) is 19.1 Å². The molecule has 33 heavy (non-hydrogen) atoms. The standard InChI is InChI=1S/C27H27N3O3/c1-3-28-17-18-10-13-21(14-11-18)29-25(19-8-6-5-7-9-19)24-22-15-12-20(27(32)33-4-2)16-23(22)30-26(24)31/h5-16,28,30-31H,3-4,17H2,1-2H3. The van der Waals surface area contributed by atoms with Crippen molar-refractivity contribution < 1.29 is 14.6 Å². The molecule has 0 amide bonds. The number of benzene rings is 3. The van der Waals surface area contributed by atoms with Crippen LogP contribution in [0.3, 0.4) is 0 Å². The second kappa shape index (κ2) is 10.1. The SMILES string of the molecule is CCNCc1ccc(N=C(c2ccccc2)c2c(O)[nH]c3cc(C(=O)OCC)ccc23)cc1. The summed E-state index contributed by atoms with van der Waals surface area (Å²) >= 11 is 0. The molecule has 4 rings (SSSR count). The number of carbonyl (C=O) groups excluding carboxylic acids is 1. The lowest BCUT2D eigenvalue weighted by Gasteiger charge is -2.09. The fourth-order valence-corrected chi connectivity index (χ4v) is 3.71. The third-order valence-corrected chi connectivity index (χ3v) is 5.33.